The van der Waals surface area contributed by atoms with E-state index in [4.69, 9.17) is 0 Å². The first-order chi connectivity index (χ1) is 17.6. The maximum absolute atomic E-state index is 13.4. The fourth-order valence-electron chi connectivity index (χ4n) is 8.28. The molecule has 0 aliphatic carbocycles. The molecule has 3 atom stereocenters. The molecule has 6 heterocycles. The van der Waals surface area contributed by atoms with Crippen LogP contribution in [0.15, 0.2) is 0 Å². The minimum atomic E-state index is 0.0723. The van der Waals surface area contributed by atoms with E-state index in [0.29, 0.717) is 55.2 Å². The molecule has 6 rings (SSSR count). The Morgan fingerprint density at radius 1 is 0.694 bits per heavy atom. The van der Waals surface area contributed by atoms with Crippen molar-refractivity contribution in [3.8, 4) is 0 Å². The molecule has 0 aromatic carbocycles. The summed E-state index contributed by atoms with van der Waals surface area (Å²) in [5.74, 6) is 1.57. The molecule has 4 amide bonds. The monoisotopic (exact) mass is 499 g/mol. The van der Waals surface area contributed by atoms with E-state index in [1.165, 1.54) is 32.4 Å². The minimum absolute atomic E-state index is 0.0723. The number of rotatable bonds is 2. The zero-order valence-electron chi connectivity index (χ0n) is 22.0. The highest BCUT2D eigenvalue weighted by Gasteiger charge is 2.45. The molecule has 0 radical (unpaired) electrons. The number of urea groups is 1. The molecule has 0 aromatic heterocycles. The lowest BCUT2D eigenvalue weighted by Gasteiger charge is -2.53. The number of amides is 4. The fraction of sp³-hybridized carbons (Fsp3) is 0.893. The van der Waals surface area contributed by atoms with Crippen LogP contribution in [-0.2, 0) is 9.59 Å². The minimum Gasteiger partial charge on any atom is -0.342 e. The molecular weight excluding hydrogens is 454 g/mol. The maximum Gasteiger partial charge on any atom is 0.320 e. The first-order valence-electron chi connectivity index (χ1n) is 14.9. The summed E-state index contributed by atoms with van der Waals surface area (Å²) in [6, 6.07) is 1.16. The van der Waals surface area contributed by atoms with Gasteiger partial charge in [0.1, 0.15) is 0 Å². The number of nitrogens with zero attached hydrogens (tertiary/aromatic N) is 5. The lowest BCUT2D eigenvalue weighted by atomic mass is 9.76. The van der Waals surface area contributed by atoms with Crippen molar-refractivity contribution in [2.45, 2.75) is 82.7 Å². The molecule has 8 heteroatoms. The molecule has 6 aliphatic rings. The van der Waals surface area contributed by atoms with Crippen LogP contribution in [0.25, 0.3) is 0 Å². The smallest absolute Gasteiger partial charge is 0.320 e. The maximum atomic E-state index is 13.4. The predicted molar refractivity (Wildman–Crippen MR) is 137 cm³/mol. The van der Waals surface area contributed by atoms with Crippen LogP contribution in [0.2, 0.25) is 0 Å². The second-order valence-corrected chi connectivity index (χ2v) is 12.5. The number of hydrogen-bond donors (Lipinski definition) is 0. The normalized spacial score (nSPS) is 33.0. The Kier molecular flexibility index (Phi) is 7.15. The predicted octanol–water partition coefficient (Wildman–Crippen LogP) is 2.63. The number of hydrogen-bond acceptors (Lipinski definition) is 4. The summed E-state index contributed by atoms with van der Waals surface area (Å²) in [4.78, 5) is 50.1. The van der Waals surface area contributed by atoms with Crippen LogP contribution in [0.1, 0.15) is 70.6 Å². The zero-order valence-corrected chi connectivity index (χ0v) is 22.0. The van der Waals surface area contributed by atoms with Gasteiger partial charge in [0.2, 0.25) is 11.8 Å². The van der Waals surface area contributed by atoms with Gasteiger partial charge in [-0.05, 0) is 82.7 Å². The Balaban J connectivity index is 0.973. The third-order valence-electron chi connectivity index (χ3n) is 10.2. The van der Waals surface area contributed by atoms with E-state index in [-0.39, 0.29) is 11.9 Å². The highest BCUT2D eigenvalue weighted by Crippen LogP contribution is 2.38. The number of likely N-dealkylation sites (tertiary alicyclic amines) is 4. The van der Waals surface area contributed by atoms with Crippen molar-refractivity contribution in [3.63, 3.8) is 0 Å². The van der Waals surface area contributed by atoms with Gasteiger partial charge in [-0.1, -0.05) is 6.42 Å². The van der Waals surface area contributed by atoms with Gasteiger partial charge in [-0.25, -0.2) is 4.79 Å². The van der Waals surface area contributed by atoms with Gasteiger partial charge in [0.25, 0.3) is 0 Å². The number of fused-ring (bicyclic) bond motifs is 4. The largest absolute Gasteiger partial charge is 0.342 e. The second-order valence-electron chi connectivity index (χ2n) is 12.5. The molecule has 6 aliphatic heterocycles. The first kappa shape index (κ1) is 24.5. The molecule has 8 nitrogen and oxygen atoms in total. The average molecular weight is 500 g/mol. The fourth-order valence-corrected chi connectivity index (χ4v) is 8.28. The summed E-state index contributed by atoms with van der Waals surface area (Å²) < 4.78 is 0. The van der Waals surface area contributed by atoms with E-state index in [1.54, 1.807) is 0 Å². The molecule has 6 saturated heterocycles. The van der Waals surface area contributed by atoms with Gasteiger partial charge >= 0.3 is 6.03 Å². The van der Waals surface area contributed by atoms with Crippen molar-refractivity contribution in [3.05, 3.63) is 0 Å². The van der Waals surface area contributed by atoms with Crippen molar-refractivity contribution < 1.29 is 14.4 Å². The van der Waals surface area contributed by atoms with Gasteiger partial charge < -0.3 is 24.5 Å². The standard InChI is InChI=1S/C28H45N5O3/c34-26-6-4-5-25-23-17-21(19-33(25)26)18-32(20-23)28(36)31-13-7-22(8-14-31)27(35)30-15-9-24(10-16-30)29-11-2-1-3-12-29/h21-25H,1-20H2/t21-,23+,25+/m0/s1. The van der Waals surface area contributed by atoms with Crippen molar-refractivity contribution >= 4 is 17.8 Å². The van der Waals surface area contributed by atoms with Crippen LogP contribution in [0, 0.1) is 17.8 Å². The lowest BCUT2D eigenvalue weighted by molar-refractivity contribution is -0.144. The van der Waals surface area contributed by atoms with Crippen LogP contribution in [0.3, 0.4) is 0 Å². The molecule has 6 fully saturated rings. The Bertz CT molecular complexity index is 829. The summed E-state index contributed by atoms with van der Waals surface area (Å²) >= 11 is 0. The third-order valence-corrected chi connectivity index (χ3v) is 10.2. The molecular formula is C28H45N5O3. The zero-order chi connectivity index (χ0) is 24.6. The highest BCUT2D eigenvalue weighted by molar-refractivity contribution is 5.80. The molecule has 0 aromatic rings. The first-order valence-corrected chi connectivity index (χ1v) is 14.9. The Morgan fingerprint density at radius 3 is 2.17 bits per heavy atom. The van der Waals surface area contributed by atoms with Crippen molar-refractivity contribution in [1.82, 2.24) is 24.5 Å². The van der Waals surface area contributed by atoms with Crippen LogP contribution in [0.5, 0.6) is 0 Å². The Labute approximate surface area is 216 Å². The number of carbonyl (C=O) groups excluding carboxylic acids is 3. The number of carbonyl (C=O) groups is 3. The summed E-state index contributed by atoms with van der Waals surface area (Å²) in [6.07, 6.45) is 11.8. The molecule has 200 valence electrons. The van der Waals surface area contributed by atoms with Crippen molar-refractivity contribution in [2.24, 2.45) is 17.8 Å². The molecule has 0 unspecified atom stereocenters. The van der Waals surface area contributed by atoms with Crippen molar-refractivity contribution in [2.75, 3.05) is 58.9 Å². The third kappa shape index (κ3) is 4.86. The van der Waals surface area contributed by atoms with E-state index in [9.17, 15) is 14.4 Å². The van der Waals surface area contributed by atoms with Gasteiger partial charge in [0, 0.05) is 70.2 Å². The lowest BCUT2D eigenvalue weighted by Crippen LogP contribution is -2.62. The van der Waals surface area contributed by atoms with Gasteiger partial charge in [0.05, 0.1) is 0 Å². The second kappa shape index (κ2) is 10.5. The Morgan fingerprint density at radius 2 is 1.42 bits per heavy atom. The van der Waals surface area contributed by atoms with E-state index in [1.807, 2.05) is 4.90 Å². The van der Waals surface area contributed by atoms with Crippen LogP contribution < -0.4 is 0 Å². The van der Waals surface area contributed by atoms with Crippen molar-refractivity contribution in [1.29, 1.82) is 0 Å². The summed E-state index contributed by atoms with van der Waals surface area (Å²) in [6.45, 7) is 8.05. The molecule has 36 heavy (non-hydrogen) atoms. The average Bonchev–Trinajstić information content (AvgIpc) is 2.93. The van der Waals surface area contributed by atoms with Gasteiger partial charge in [0.15, 0.2) is 0 Å². The summed E-state index contributed by atoms with van der Waals surface area (Å²) in [5, 5.41) is 0. The van der Waals surface area contributed by atoms with E-state index >= 15 is 0 Å². The molecule has 0 N–H and O–H groups in total. The molecule has 0 saturated carbocycles. The van der Waals surface area contributed by atoms with Crippen LogP contribution in [-0.4, -0.2) is 113 Å². The van der Waals surface area contributed by atoms with Crippen LogP contribution in [0.4, 0.5) is 4.79 Å². The van der Waals surface area contributed by atoms with Gasteiger partial charge in [-0.2, -0.15) is 0 Å². The molecule has 0 spiro atoms. The van der Waals surface area contributed by atoms with E-state index < -0.39 is 0 Å². The quantitative estimate of drug-likeness (QED) is 0.586. The SMILES string of the molecule is O=C(C1CCN(C(=O)N2C[C@@H]3C[C@H](C2)[C@H]2CCCC(=O)N2C3)CC1)N1CCC(N2CCCCC2)CC1. The highest BCUT2D eigenvalue weighted by atomic mass is 16.2. The van der Waals surface area contributed by atoms with E-state index in [2.05, 4.69) is 19.6 Å². The van der Waals surface area contributed by atoms with Gasteiger partial charge in [-0.3, -0.25) is 9.59 Å². The van der Waals surface area contributed by atoms with Gasteiger partial charge in [-0.15, -0.1) is 0 Å². The topological polar surface area (TPSA) is 67.4 Å². The Hall–Kier alpha value is -1.83. The summed E-state index contributed by atoms with van der Waals surface area (Å²) in [7, 11) is 0. The van der Waals surface area contributed by atoms with E-state index in [0.717, 1.165) is 77.7 Å². The summed E-state index contributed by atoms with van der Waals surface area (Å²) in [5.41, 5.74) is 0. The van der Waals surface area contributed by atoms with Crippen LogP contribution >= 0.6 is 0 Å². The number of piperidine rings is 6. The molecule has 2 bridgehead atoms.